The van der Waals surface area contributed by atoms with E-state index in [1.165, 1.54) is 23.3 Å². The molecule has 60 heavy (non-hydrogen) atoms. The molecular formula is C43H51N9O7S. The van der Waals surface area contributed by atoms with Crippen molar-refractivity contribution in [2.24, 2.45) is 11.8 Å². The normalized spacial score (nSPS) is 17.5. The van der Waals surface area contributed by atoms with E-state index in [1.54, 1.807) is 30.5 Å². The summed E-state index contributed by atoms with van der Waals surface area (Å²) in [6.07, 6.45) is 5.12. The van der Waals surface area contributed by atoms with Crippen LogP contribution in [-0.2, 0) is 23.9 Å². The highest BCUT2D eigenvalue weighted by atomic mass is 32.1. The van der Waals surface area contributed by atoms with Gasteiger partial charge in [0.05, 0.1) is 42.2 Å². The van der Waals surface area contributed by atoms with Crippen molar-refractivity contribution < 1.29 is 33.4 Å². The maximum absolute atomic E-state index is 13.9. The van der Waals surface area contributed by atoms with Crippen molar-refractivity contribution >= 4 is 52.0 Å². The van der Waals surface area contributed by atoms with Gasteiger partial charge in [0.25, 0.3) is 5.91 Å². The molecule has 5 aromatic rings. The van der Waals surface area contributed by atoms with Crippen LogP contribution < -0.4 is 16.0 Å². The van der Waals surface area contributed by atoms with Crippen LogP contribution in [0.1, 0.15) is 76.7 Å². The number of aromatic nitrogens is 4. The van der Waals surface area contributed by atoms with Crippen LogP contribution in [0.15, 0.2) is 73.1 Å². The predicted octanol–water partition coefficient (Wildman–Crippen LogP) is 6.55. The Morgan fingerprint density at radius 2 is 1.58 bits per heavy atom. The number of imidazole rings is 1. The van der Waals surface area contributed by atoms with Gasteiger partial charge in [0, 0.05) is 24.8 Å². The predicted molar refractivity (Wildman–Crippen MR) is 226 cm³/mol. The minimum atomic E-state index is -1.01. The molecule has 7 rings (SSSR count). The highest BCUT2D eigenvalue weighted by Gasteiger charge is 2.39. The number of benzene rings is 2. The first-order valence-corrected chi connectivity index (χ1v) is 21.1. The highest BCUT2D eigenvalue weighted by Crippen LogP contribution is 2.35. The molecule has 0 bridgehead atoms. The number of nitrogens with zero attached hydrogens (tertiary/aromatic N) is 5. The minimum Gasteiger partial charge on any atom is -0.453 e. The number of thiazole rings is 1. The van der Waals surface area contributed by atoms with E-state index >= 15 is 0 Å². The number of rotatable bonds is 13. The zero-order chi connectivity index (χ0) is 42.5. The molecule has 2 aromatic carbocycles. The molecule has 316 valence electrons. The van der Waals surface area contributed by atoms with E-state index in [0.29, 0.717) is 42.3 Å². The lowest BCUT2D eigenvalue weighted by Crippen LogP contribution is -2.51. The molecule has 2 aliphatic rings. The monoisotopic (exact) mass is 837 g/mol. The van der Waals surface area contributed by atoms with Crippen molar-refractivity contribution in [3.05, 3.63) is 84.3 Å². The molecule has 17 heteroatoms. The number of anilines is 1. The molecule has 0 unspecified atom stereocenters. The number of methoxy groups -OCH3 is 1. The second-order valence-electron chi connectivity index (χ2n) is 15.9. The standard InChI is InChI=1S/C43H51N9O7S/c1-25(2)24-59-43(57)47-37(29-11-7-6-8-12-29)40(55)52-20-10-14-33(52)38(53)44-35-23-50-22-34(60-41(50)45-35)28-17-15-27(16-18-28)30-21-31(49-48-30)32-13-9-19-51(32)39(54)36(26(3)4)46-42(56)58-5/h6-8,11-12,15-18,21-23,25-26,32-33,36-37H,9-10,13-14,19-20,24H2,1-5H3,(H,44,53)(H,46,56)(H,47,57)(H,48,49)/t32-,33-,36-,37+/m0/s1. The first-order valence-electron chi connectivity index (χ1n) is 20.3. The zero-order valence-corrected chi connectivity index (χ0v) is 35.2. The summed E-state index contributed by atoms with van der Waals surface area (Å²) in [7, 11) is 1.28. The van der Waals surface area contributed by atoms with Crippen molar-refractivity contribution in [1.82, 2.24) is 40.0 Å². The molecule has 0 saturated carbocycles. The molecule has 5 amide bonds. The molecule has 0 spiro atoms. The maximum atomic E-state index is 13.9. The maximum Gasteiger partial charge on any atom is 0.408 e. The molecular weight excluding hydrogens is 787 g/mol. The van der Waals surface area contributed by atoms with E-state index in [9.17, 15) is 24.0 Å². The van der Waals surface area contributed by atoms with E-state index in [-0.39, 0.29) is 42.2 Å². The summed E-state index contributed by atoms with van der Waals surface area (Å²) in [6, 6.07) is 16.3. The van der Waals surface area contributed by atoms with Gasteiger partial charge >= 0.3 is 12.2 Å². The average molecular weight is 838 g/mol. The first-order chi connectivity index (χ1) is 28.9. The van der Waals surface area contributed by atoms with Crippen molar-refractivity contribution in [1.29, 1.82) is 0 Å². The Balaban J connectivity index is 0.986. The molecule has 4 N–H and O–H groups in total. The number of alkyl carbamates (subject to hydrolysis) is 2. The Morgan fingerprint density at radius 3 is 2.28 bits per heavy atom. The Bertz CT molecular complexity index is 2290. The zero-order valence-electron chi connectivity index (χ0n) is 34.3. The second-order valence-corrected chi connectivity index (χ2v) is 16.9. The Labute approximate surface area is 352 Å². The molecule has 0 radical (unpaired) electrons. The number of H-pyrrole nitrogens is 1. The fraction of sp³-hybridized carbons (Fsp3) is 0.419. The number of hydrogen-bond acceptors (Lipinski definition) is 10. The van der Waals surface area contributed by atoms with Crippen LogP contribution in [0.5, 0.6) is 0 Å². The third-order valence-corrected chi connectivity index (χ3v) is 11.8. The van der Waals surface area contributed by atoms with E-state index < -0.39 is 30.3 Å². The number of hydrogen-bond donors (Lipinski definition) is 4. The lowest BCUT2D eigenvalue weighted by Gasteiger charge is -2.30. The summed E-state index contributed by atoms with van der Waals surface area (Å²) in [5.41, 5.74) is 4.08. The molecule has 16 nitrogen and oxygen atoms in total. The quantitative estimate of drug-likeness (QED) is 0.102. The third kappa shape index (κ3) is 9.30. The van der Waals surface area contributed by atoms with Crippen LogP contribution >= 0.6 is 11.3 Å². The SMILES string of the molecule is COC(=O)N[C@H](C(=O)N1CCC[C@H]1c1cc(-c2ccc(-c3cn4cc(NC(=O)[C@@H]5CCCN5C(=O)[C@H](NC(=O)OCC(C)C)c5ccccc5)nc4s3)cc2)n[nH]1)C(C)C. The van der Waals surface area contributed by atoms with E-state index in [4.69, 9.17) is 9.47 Å². The van der Waals surface area contributed by atoms with Gasteiger partial charge in [-0.2, -0.15) is 5.10 Å². The van der Waals surface area contributed by atoms with Gasteiger partial charge in [-0.3, -0.25) is 23.9 Å². The fourth-order valence-corrected chi connectivity index (χ4v) is 8.67. The summed E-state index contributed by atoms with van der Waals surface area (Å²) in [5.74, 6) is -0.485. The molecule has 2 saturated heterocycles. The van der Waals surface area contributed by atoms with Gasteiger partial charge in [-0.05, 0) is 54.7 Å². The number of ether oxygens (including phenoxy) is 2. The van der Waals surface area contributed by atoms with Gasteiger partial charge < -0.3 is 35.2 Å². The summed E-state index contributed by atoms with van der Waals surface area (Å²) in [4.78, 5) is 75.4. The van der Waals surface area contributed by atoms with Crippen molar-refractivity contribution in [2.75, 3.05) is 32.1 Å². The molecule has 3 aromatic heterocycles. The van der Waals surface area contributed by atoms with Gasteiger partial charge in [0.2, 0.25) is 11.8 Å². The van der Waals surface area contributed by atoms with Crippen LogP contribution in [0.3, 0.4) is 0 Å². The van der Waals surface area contributed by atoms with Crippen molar-refractivity contribution in [2.45, 2.75) is 77.5 Å². The largest absolute Gasteiger partial charge is 0.453 e. The van der Waals surface area contributed by atoms with Crippen molar-refractivity contribution in [3.63, 3.8) is 0 Å². The van der Waals surface area contributed by atoms with Gasteiger partial charge in [-0.25, -0.2) is 14.6 Å². The van der Waals surface area contributed by atoms with Crippen LogP contribution in [0.25, 0.3) is 26.7 Å². The topological polar surface area (TPSA) is 192 Å². The van der Waals surface area contributed by atoms with Crippen molar-refractivity contribution in [3.8, 4) is 21.7 Å². The Hall–Kier alpha value is -6.23. The molecule has 4 atom stereocenters. The molecule has 2 aliphatic heterocycles. The van der Waals surface area contributed by atoms with Gasteiger partial charge in [-0.15, -0.1) is 0 Å². The Kier molecular flexibility index (Phi) is 12.8. The highest BCUT2D eigenvalue weighted by molar-refractivity contribution is 7.20. The lowest BCUT2D eigenvalue weighted by atomic mass is 10.0. The molecule has 0 aliphatic carbocycles. The number of carbonyl (C=O) groups excluding carboxylic acids is 5. The summed E-state index contributed by atoms with van der Waals surface area (Å²) in [5, 5.41) is 16.0. The molecule has 5 heterocycles. The summed E-state index contributed by atoms with van der Waals surface area (Å²) < 4.78 is 11.9. The number of fused-ring (bicyclic) bond motifs is 1. The van der Waals surface area contributed by atoms with E-state index in [1.807, 2.05) is 79.6 Å². The number of aromatic amines is 1. The molecule has 2 fully saturated rings. The average Bonchev–Trinajstić information content (AvgIpc) is 4.09. The fourth-order valence-electron chi connectivity index (χ4n) is 7.70. The van der Waals surface area contributed by atoms with E-state index in [2.05, 4.69) is 31.1 Å². The van der Waals surface area contributed by atoms with Gasteiger partial charge in [0.1, 0.15) is 18.1 Å². The number of amides is 5. The van der Waals surface area contributed by atoms with Crippen LogP contribution in [0, 0.1) is 11.8 Å². The summed E-state index contributed by atoms with van der Waals surface area (Å²) >= 11 is 1.47. The number of likely N-dealkylation sites (tertiary alicyclic amines) is 2. The smallest absolute Gasteiger partial charge is 0.408 e. The number of carbonyl (C=O) groups is 5. The van der Waals surface area contributed by atoms with Crippen LogP contribution in [-0.4, -0.2) is 98.2 Å². The third-order valence-electron chi connectivity index (χ3n) is 10.8. The van der Waals surface area contributed by atoms with E-state index in [0.717, 1.165) is 40.2 Å². The second kappa shape index (κ2) is 18.4. The van der Waals surface area contributed by atoms with Gasteiger partial charge in [-0.1, -0.05) is 93.6 Å². The van der Waals surface area contributed by atoms with Crippen LogP contribution in [0.4, 0.5) is 15.4 Å². The van der Waals surface area contributed by atoms with Gasteiger partial charge in [0.15, 0.2) is 10.8 Å². The summed E-state index contributed by atoms with van der Waals surface area (Å²) in [6.45, 7) is 8.82. The Morgan fingerprint density at radius 1 is 0.867 bits per heavy atom. The first kappa shape index (κ1) is 41.9. The van der Waals surface area contributed by atoms with Crippen LogP contribution in [0.2, 0.25) is 0 Å². The lowest BCUT2D eigenvalue weighted by molar-refractivity contribution is -0.138. The minimum absolute atomic E-state index is 0.117. The number of nitrogens with one attached hydrogen (secondary N) is 4.